The van der Waals surface area contributed by atoms with Gasteiger partial charge in [0.05, 0.1) is 17.4 Å². The second-order valence-corrected chi connectivity index (χ2v) is 5.40. The van der Waals surface area contributed by atoms with E-state index in [4.69, 9.17) is 0 Å². The van der Waals surface area contributed by atoms with Gasteiger partial charge in [0.2, 0.25) is 5.91 Å². The number of carbonyl (C=O) groups is 2. The van der Waals surface area contributed by atoms with Crippen molar-refractivity contribution in [1.29, 1.82) is 0 Å². The highest BCUT2D eigenvalue weighted by Crippen LogP contribution is 2.15. The van der Waals surface area contributed by atoms with Crippen molar-refractivity contribution in [2.45, 2.75) is 12.8 Å². The summed E-state index contributed by atoms with van der Waals surface area (Å²) < 4.78 is 0. The fraction of sp³-hybridized carbons (Fsp3) is 0.105. The van der Waals surface area contributed by atoms with E-state index in [1.165, 1.54) is 0 Å². The van der Waals surface area contributed by atoms with Crippen molar-refractivity contribution in [3.8, 4) is 0 Å². The van der Waals surface area contributed by atoms with Crippen molar-refractivity contribution in [3.63, 3.8) is 0 Å². The molecule has 0 aliphatic rings. The Morgan fingerprint density at radius 1 is 0.958 bits per heavy atom. The number of aryl methyl sites for hydroxylation is 1. The van der Waals surface area contributed by atoms with E-state index < -0.39 is 6.03 Å². The molecule has 1 heterocycles. The van der Waals surface area contributed by atoms with E-state index in [9.17, 15) is 9.59 Å². The first-order chi connectivity index (χ1) is 11.7. The third-order valence-corrected chi connectivity index (χ3v) is 3.58. The molecule has 1 aromatic heterocycles. The fourth-order valence-electron chi connectivity index (χ4n) is 2.39. The van der Waals surface area contributed by atoms with Gasteiger partial charge >= 0.3 is 6.03 Å². The van der Waals surface area contributed by atoms with Crippen LogP contribution in [0.1, 0.15) is 12.0 Å². The summed E-state index contributed by atoms with van der Waals surface area (Å²) in [6.07, 6.45) is 2.42. The first-order valence-electron chi connectivity index (χ1n) is 7.70. The number of hydrogen-bond acceptors (Lipinski definition) is 3. The molecule has 3 rings (SSSR count). The summed E-state index contributed by atoms with van der Waals surface area (Å²) in [4.78, 5) is 28.0. The van der Waals surface area contributed by atoms with Crippen LogP contribution in [0.25, 0.3) is 10.9 Å². The van der Waals surface area contributed by atoms with Crippen LogP contribution < -0.4 is 10.6 Å². The molecule has 0 radical (unpaired) electrons. The molecule has 0 spiro atoms. The quantitative estimate of drug-likeness (QED) is 0.773. The number of benzene rings is 2. The first kappa shape index (κ1) is 15.7. The molecular formula is C19H17N3O2. The zero-order valence-electron chi connectivity index (χ0n) is 13.0. The minimum absolute atomic E-state index is 0.257. The second-order valence-electron chi connectivity index (χ2n) is 5.40. The smallest absolute Gasteiger partial charge is 0.306 e. The van der Waals surface area contributed by atoms with E-state index in [2.05, 4.69) is 15.6 Å². The molecule has 2 aromatic carbocycles. The molecule has 5 heteroatoms. The zero-order chi connectivity index (χ0) is 16.8. The van der Waals surface area contributed by atoms with Gasteiger partial charge in [-0.3, -0.25) is 15.1 Å². The normalized spacial score (nSPS) is 10.3. The van der Waals surface area contributed by atoms with E-state index >= 15 is 0 Å². The highest BCUT2D eigenvalue weighted by molar-refractivity contribution is 6.01. The van der Waals surface area contributed by atoms with Gasteiger partial charge in [-0.05, 0) is 24.1 Å². The summed E-state index contributed by atoms with van der Waals surface area (Å²) in [6, 6.07) is 18.6. The maximum atomic E-state index is 11.9. The number of para-hydroxylation sites is 1. The van der Waals surface area contributed by atoms with Crippen LogP contribution >= 0.6 is 0 Å². The average molecular weight is 319 g/mol. The van der Waals surface area contributed by atoms with Crippen molar-refractivity contribution < 1.29 is 9.59 Å². The van der Waals surface area contributed by atoms with Gasteiger partial charge in [0, 0.05) is 11.8 Å². The van der Waals surface area contributed by atoms with E-state index in [-0.39, 0.29) is 12.3 Å². The number of imide groups is 1. The Morgan fingerprint density at radius 3 is 2.54 bits per heavy atom. The molecule has 0 aliphatic carbocycles. The molecule has 5 nitrogen and oxygen atoms in total. The van der Waals surface area contributed by atoms with Crippen molar-refractivity contribution in [1.82, 2.24) is 10.3 Å². The van der Waals surface area contributed by atoms with Crippen molar-refractivity contribution in [3.05, 3.63) is 72.4 Å². The lowest BCUT2D eigenvalue weighted by Crippen LogP contribution is -2.34. The number of amides is 3. The minimum Gasteiger partial charge on any atom is -0.306 e. The van der Waals surface area contributed by atoms with Crippen LogP contribution in [0.3, 0.4) is 0 Å². The second kappa shape index (κ2) is 7.37. The van der Waals surface area contributed by atoms with E-state index in [1.54, 1.807) is 6.20 Å². The Kier molecular flexibility index (Phi) is 4.81. The van der Waals surface area contributed by atoms with Gasteiger partial charge in [0.25, 0.3) is 0 Å². The fourth-order valence-corrected chi connectivity index (χ4v) is 2.39. The lowest BCUT2D eigenvalue weighted by molar-refractivity contribution is -0.119. The van der Waals surface area contributed by atoms with E-state index in [1.807, 2.05) is 60.7 Å². The lowest BCUT2D eigenvalue weighted by Gasteiger charge is -2.07. The maximum absolute atomic E-state index is 11.9. The van der Waals surface area contributed by atoms with E-state index in [0.29, 0.717) is 12.1 Å². The summed E-state index contributed by atoms with van der Waals surface area (Å²) >= 11 is 0. The summed E-state index contributed by atoms with van der Waals surface area (Å²) in [6.45, 7) is 0. The Labute approximate surface area is 139 Å². The molecule has 120 valence electrons. The van der Waals surface area contributed by atoms with Gasteiger partial charge in [-0.25, -0.2) is 4.79 Å². The van der Waals surface area contributed by atoms with Gasteiger partial charge in [-0.2, -0.15) is 0 Å². The predicted molar refractivity (Wildman–Crippen MR) is 93.7 cm³/mol. The number of anilines is 1. The van der Waals surface area contributed by atoms with Gasteiger partial charge in [-0.1, -0.05) is 48.5 Å². The van der Waals surface area contributed by atoms with Crippen LogP contribution in [0.2, 0.25) is 0 Å². The number of hydrogen-bond donors (Lipinski definition) is 2. The molecular weight excluding hydrogens is 302 g/mol. The standard InChI is InChI=1S/C19H17N3O2/c23-18(11-10-14-6-2-1-3-7-14)22-19(24)21-16-12-15-8-4-5-9-17(15)20-13-16/h1-9,12-13H,10-11H2,(H2,21,22,23,24). The molecule has 0 unspecified atom stereocenters. The van der Waals surface area contributed by atoms with Crippen molar-refractivity contribution in [2.24, 2.45) is 0 Å². The third-order valence-electron chi connectivity index (χ3n) is 3.58. The van der Waals surface area contributed by atoms with Crippen LogP contribution in [0.15, 0.2) is 66.9 Å². The van der Waals surface area contributed by atoms with Gasteiger partial charge in [-0.15, -0.1) is 0 Å². The molecule has 0 bridgehead atoms. The number of pyridine rings is 1. The third kappa shape index (κ3) is 4.16. The predicted octanol–water partition coefficient (Wildman–Crippen LogP) is 3.52. The molecule has 0 aliphatic heterocycles. The highest BCUT2D eigenvalue weighted by atomic mass is 16.2. The van der Waals surface area contributed by atoms with Crippen LogP contribution in [0, 0.1) is 0 Å². The first-order valence-corrected chi connectivity index (χ1v) is 7.70. The van der Waals surface area contributed by atoms with Crippen molar-refractivity contribution in [2.75, 3.05) is 5.32 Å². The molecule has 0 saturated carbocycles. The van der Waals surface area contributed by atoms with Gasteiger partial charge in [0.1, 0.15) is 0 Å². The summed E-state index contributed by atoms with van der Waals surface area (Å²) in [5, 5.41) is 5.88. The zero-order valence-corrected chi connectivity index (χ0v) is 13.0. The Hall–Kier alpha value is -3.21. The lowest BCUT2D eigenvalue weighted by atomic mass is 10.1. The molecule has 24 heavy (non-hydrogen) atoms. The van der Waals surface area contributed by atoms with E-state index in [0.717, 1.165) is 16.5 Å². The molecule has 3 amide bonds. The number of rotatable bonds is 4. The van der Waals surface area contributed by atoms with Crippen LogP contribution in [-0.4, -0.2) is 16.9 Å². The number of fused-ring (bicyclic) bond motifs is 1. The Bertz CT molecular complexity index is 863. The number of aromatic nitrogens is 1. The molecule has 0 atom stereocenters. The topological polar surface area (TPSA) is 71.1 Å². The van der Waals surface area contributed by atoms with Gasteiger partial charge in [0.15, 0.2) is 0 Å². The van der Waals surface area contributed by atoms with Crippen LogP contribution in [-0.2, 0) is 11.2 Å². The number of nitrogens with zero attached hydrogens (tertiary/aromatic N) is 1. The highest BCUT2D eigenvalue weighted by Gasteiger charge is 2.08. The molecule has 3 aromatic rings. The largest absolute Gasteiger partial charge is 0.325 e. The average Bonchev–Trinajstić information content (AvgIpc) is 2.60. The molecule has 2 N–H and O–H groups in total. The van der Waals surface area contributed by atoms with Crippen LogP contribution in [0.4, 0.5) is 10.5 Å². The Morgan fingerprint density at radius 2 is 1.71 bits per heavy atom. The summed E-state index contributed by atoms with van der Waals surface area (Å²) in [7, 11) is 0. The number of carbonyl (C=O) groups excluding carboxylic acids is 2. The minimum atomic E-state index is -0.551. The Balaban J connectivity index is 1.53. The SMILES string of the molecule is O=C(CCc1ccccc1)NC(=O)Nc1cnc2ccccc2c1. The van der Waals surface area contributed by atoms with Crippen LogP contribution in [0.5, 0.6) is 0 Å². The summed E-state index contributed by atoms with van der Waals surface area (Å²) in [5.41, 5.74) is 2.45. The van der Waals surface area contributed by atoms with Crippen molar-refractivity contribution >= 4 is 28.5 Å². The molecule has 0 fully saturated rings. The monoisotopic (exact) mass is 319 g/mol. The summed E-state index contributed by atoms with van der Waals surface area (Å²) in [5.74, 6) is -0.315. The maximum Gasteiger partial charge on any atom is 0.325 e. The van der Waals surface area contributed by atoms with Gasteiger partial charge < -0.3 is 5.32 Å². The molecule has 0 saturated heterocycles. The number of nitrogens with one attached hydrogen (secondary N) is 2. The number of urea groups is 1.